The third kappa shape index (κ3) is 2.20. The first-order valence-corrected chi connectivity index (χ1v) is 8.98. The normalized spacial score (nSPS) is 25.2. The molecule has 0 amide bonds. The minimum absolute atomic E-state index is 0.189. The Labute approximate surface area is 126 Å². The smallest absolute Gasteiger partial charge is 0.236 e. The van der Waals surface area contributed by atoms with Crippen molar-refractivity contribution in [3.63, 3.8) is 0 Å². The highest BCUT2D eigenvalue weighted by Crippen LogP contribution is 2.38. The van der Waals surface area contributed by atoms with Gasteiger partial charge in [-0.05, 0) is 11.6 Å². The number of rotatable bonds is 2. The third-order valence-corrected chi connectivity index (χ3v) is 6.44. The molecular formula is C14H15N3OS2. The molecule has 2 unspecified atom stereocenters. The summed E-state index contributed by atoms with van der Waals surface area (Å²) in [6, 6.07) is 8.34. The van der Waals surface area contributed by atoms with Gasteiger partial charge in [0.25, 0.3) is 0 Å². The number of nitrogens with zero attached hydrogens (tertiary/aromatic N) is 2. The molecule has 6 heteroatoms. The van der Waals surface area contributed by atoms with Crippen molar-refractivity contribution in [2.75, 3.05) is 29.1 Å². The Kier molecular flexibility index (Phi) is 3.36. The van der Waals surface area contributed by atoms with Crippen LogP contribution in [0.5, 0.6) is 0 Å². The number of thioether (sulfide) groups is 2. The summed E-state index contributed by atoms with van der Waals surface area (Å²) in [6.07, 6.45) is 0. The van der Waals surface area contributed by atoms with E-state index in [1.165, 1.54) is 22.8 Å². The molecule has 2 aliphatic heterocycles. The lowest BCUT2D eigenvalue weighted by Gasteiger charge is -2.17. The first-order valence-electron chi connectivity index (χ1n) is 6.77. The Morgan fingerprint density at radius 3 is 3.10 bits per heavy atom. The average molecular weight is 305 g/mol. The molecule has 0 spiro atoms. The SMILES string of the molecule is c1ccc2c(c1)NCC2c1nc(C2CSCCS2)no1. The quantitative estimate of drug-likeness (QED) is 0.920. The zero-order chi connectivity index (χ0) is 13.4. The standard InChI is InChI=1S/C14H15N3OS2/c1-2-4-11-9(3-1)10(7-15-11)14-16-13(17-18-14)12-8-19-5-6-20-12/h1-4,10,12,15H,5-8H2. The number of aromatic nitrogens is 2. The lowest BCUT2D eigenvalue weighted by molar-refractivity contribution is 0.365. The Morgan fingerprint density at radius 2 is 2.20 bits per heavy atom. The van der Waals surface area contributed by atoms with Crippen LogP contribution in [0.4, 0.5) is 5.69 Å². The fourth-order valence-electron chi connectivity index (χ4n) is 2.66. The van der Waals surface area contributed by atoms with Crippen molar-refractivity contribution in [3.8, 4) is 0 Å². The molecule has 2 atom stereocenters. The van der Waals surface area contributed by atoms with Crippen molar-refractivity contribution in [2.45, 2.75) is 11.2 Å². The minimum atomic E-state index is 0.189. The van der Waals surface area contributed by atoms with Gasteiger partial charge in [-0.15, -0.1) is 11.8 Å². The fraction of sp³-hybridized carbons (Fsp3) is 0.429. The van der Waals surface area contributed by atoms with Crippen molar-refractivity contribution in [1.29, 1.82) is 0 Å². The number of hydrogen-bond donors (Lipinski definition) is 1. The third-order valence-electron chi connectivity index (χ3n) is 3.69. The van der Waals surface area contributed by atoms with Gasteiger partial charge in [0.05, 0.1) is 11.2 Å². The van der Waals surface area contributed by atoms with Crippen LogP contribution in [0.15, 0.2) is 28.8 Å². The van der Waals surface area contributed by atoms with Gasteiger partial charge in [0, 0.05) is 29.5 Å². The molecule has 3 heterocycles. The van der Waals surface area contributed by atoms with E-state index in [-0.39, 0.29) is 5.92 Å². The average Bonchev–Trinajstić information content (AvgIpc) is 3.14. The van der Waals surface area contributed by atoms with E-state index >= 15 is 0 Å². The zero-order valence-electron chi connectivity index (χ0n) is 10.9. The molecule has 20 heavy (non-hydrogen) atoms. The Bertz CT molecular complexity index is 610. The second-order valence-electron chi connectivity index (χ2n) is 4.95. The molecule has 4 nitrogen and oxygen atoms in total. The maximum absolute atomic E-state index is 5.53. The Morgan fingerprint density at radius 1 is 1.25 bits per heavy atom. The lowest BCUT2D eigenvalue weighted by atomic mass is 10.0. The van der Waals surface area contributed by atoms with E-state index in [1.807, 2.05) is 29.6 Å². The highest BCUT2D eigenvalue weighted by atomic mass is 32.2. The second-order valence-corrected chi connectivity index (χ2v) is 7.41. The van der Waals surface area contributed by atoms with Crippen molar-refractivity contribution >= 4 is 29.2 Å². The molecule has 0 aliphatic carbocycles. The van der Waals surface area contributed by atoms with Crippen LogP contribution in [-0.2, 0) is 0 Å². The Balaban J connectivity index is 1.59. The number of anilines is 1. The molecule has 0 saturated carbocycles. The van der Waals surface area contributed by atoms with Gasteiger partial charge >= 0.3 is 0 Å². The van der Waals surface area contributed by atoms with Gasteiger partial charge in [0.15, 0.2) is 5.82 Å². The monoisotopic (exact) mass is 305 g/mol. The molecule has 0 radical (unpaired) electrons. The van der Waals surface area contributed by atoms with E-state index < -0.39 is 0 Å². The lowest BCUT2D eigenvalue weighted by Crippen LogP contribution is -2.09. The molecule has 104 valence electrons. The van der Waals surface area contributed by atoms with E-state index in [4.69, 9.17) is 4.52 Å². The van der Waals surface area contributed by atoms with E-state index in [0.29, 0.717) is 5.25 Å². The van der Waals surface area contributed by atoms with E-state index in [1.54, 1.807) is 0 Å². The molecule has 1 fully saturated rings. The summed E-state index contributed by atoms with van der Waals surface area (Å²) >= 11 is 3.91. The topological polar surface area (TPSA) is 51.0 Å². The largest absolute Gasteiger partial charge is 0.384 e. The van der Waals surface area contributed by atoms with E-state index in [0.717, 1.165) is 24.0 Å². The number of benzene rings is 1. The van der Waals surface area contributed by atoms with Crippen LogP contribution in [0.3, 0.4) is 0 Å². The van der Waals surface area contributed by atoms with Crippen molar-refractivity contribution in [2.24, 2.45) is 0 Å². The molecule has 1 saturated heterocycles. The highest BCUT2D eigenvalue weighted by molar-refractivity contribution is 8.06. The van der Waals surface area contributed by atoms with Gasteiger partial charge in [-0.2, -0.15) is 16.7 Å². The highest BCUT2D eigenvalue weighted by Gasteiger charge is 2.30. The molecule has 1 aromatic heterocycles. The summed E-state index contributed by atoms with van der Waals surface area (Å²) in [5, 5.41) is 7.99. The van der Waals surface area contributed by atoms with Gasteiger partial charge in [0.1, 0.15) is 0 Å². The summed E-state index contributed by atoms with van der Waals surface area (Å²) in [6.45, 7) is 0.841. The first kappa shape index (κ1) is 12.6. The second kappa shape index (κ2) is 5.33. The van der Waals surface area contributed by atoms with Gasteiger partial charge in [-0.1, -0.05) is 23.4 Å². The van der Waals surface area contributed by atoms with Crippen LogP contribution in [0.2, 0.25) is 0 Å². The van der Waals surface area contributed by atoms with Crippen molar-refractivity contribution in [3.05, 3.63) is 41.5 Å². The number of fused-ring (bicyclic) bond motifs is 1. The van der Waals surface area contributed by atoms with Gasteiger partial charge in [0.2, 0.25) is 5.89 Å². The van der Waals surface area contributed by atoms with E-state index in [2.05, 4.69) is 33.7 Å². The Hall–Kier alpha value is -1.14. The molecule has 4 rings (SSSR count). The van der Waals surface area contributed by atoms with Gasteiger partial charge in [-0.3, -0.25) is 0 Å². The maximum atomic E-state index is 5.53. The minimum Gasteiger partial charge on any atom is -0.384 e. The molecule has 2 aliphatic rings. The van der Waals surface area contributed by atoms with Crippen LogP contribution in [0.25, 0.3) is 0 Å². The van der Waals surface area contributed by atoms with Gasteiger partial charge < -0.3 is 9.84 Å². The summed E-state index contributed by atoms with van der Waals surface area (Å²) in [5.74, 6) is 5.28. The van der Waals surface area contributed by atoms with Crippen LogP contribution in [-0.4, -0.2) is 33.9 Å². The predicted molar refractivity (Wildman–Crippen MR) is 83.6 cm³/mol. The molecule has 1 N–H and O–H groups in total. The van der Waals surface area contributed by atoms with Crippen LogP contribution < -0.4 is 5.32 Å². The van der Waals surface area contributed by atoms with Gasteiger partial charge in [-0.25, -0.2) is 0 Å². The van der Waals surface area contributed by atoms with Crippen molar-refractivity contribution < 1.29 is 4.52 Å². The number of hydrogen-bond acceptors (Lipinski definition) is 6. The summed E-state index contributed by atoms with van der Waals surface area (Å²) in [7, 11) is 0. The maximum Gasteiger partial charge on any atom is 0.236 e. The molecule has 0 bridgehead atoms. The number of nitrogens with one attached hydrogen (secondary N) is 1. The zero-order valence-corrected chi connectivity index (χ0v) is 12.5. The first-order chi connectivity index (χ1) is 9.92. The summed E-state index contributed by atoms with van der Waals surface area (Å²) in [5.41, 5.74) is 2.44. The van der Waals surface area contributed by atoms with Crippen LogP contribution in [0, 0.1) is 0 Å². The molecule has 2 aromatic rings. The predicted octanol–water partition coefficient (Wildman–Crippen LogP) is 3.15. The molecule has 1 aromatic carbocycles. The number of para-hydroxylation sites is 1. The fourth-order valence-corrected chi connectivity index (χ4v) is 5.25. The van der Waals surface area contributed by atoms with Crippen molar-refractivity contribution in [1.82, 2.24) is 10.1 Å². The molecular weight excluding hydrogens is 290 g/mol. The van der Waals surface area contributed by atoms with E-state index in [9.17, 15) is 0 Å². The van der Waals surface area contributed by atoms with Crippen LogP contribution >= 0.6 is 23.5 Å². The summed E-state index contributed by atoms with van der Waals surface area (Å²) in [4.78, 5) is 4.66. The summed E-state index contributed by atoms with van der Waals surface area (Å²) < 4.78 is 5.53. The van der Waals surface area contributed by atoms with Crippen LogP contribution in [0.1, 0.15) is 28.4 Å².